The third-order valence-electron chi connectivity index (χ3n) is 3.23. The highest BCUT2D eigenvalue weighted by Gasteiger charge is 2.21. The summed E-state index contributed by atoms with van der Waals surface area (Å²) in [5, 5.41) is 16.2. The molecule has 2 rings (SSSR count). The van der Waals surface area contributed by atoms with E-state index in [1.807, 2.05) is 12.1 Å². The summed E-state index contributed by atoms with van der Waals surface area (Å²) < 4.78 is 4.87. The summed E-state index contributed by atoms with van der Waals surface area (Å²) in [6.07, 6.45) is -0.681. The van der Waals surface area contributed by atoms with Gasteiger partial charge in [0.2, 0.25) is 0 Å². The third-order valence-corrected chi connectivity index (χ3v) is 3.23. The molecule has 0 saturated carbocycles. The SMILES string of the molecule is COCC(O)CN(C)C(=O)c1cccc2c1NCCN2. The zero-order valence-electron chi connectivity index (χ0n) is 11.8. The minimum absolute atomic E-state index is 0.117. The zero-order chi connectivity index (χ0) is 14.5. The summed E-state index contributed by atoms with van der Waals surface area (Å²) >= 11 is 0. The fraction of sp³-hybridized carbons (Fsp3) is 0.500. The number of likely N-dealkylation sites (N-methyl/N-ethyl adjacent to an activating group) is 1. The van der Waals surface area contributed by atoms with Gasteiger partial charge in [-0.25, -0.2) is 0 Å². The second-order valence-electron chi connectivity index (χ2n) is 4.88. The first kappa shape index (κ1) is 14.6. The molecule has 0 fully saturated rings. The molecule has 0 saturated heterocycles. The molecule has 1 heterocycles. The first-order valence-electron chi connectivity index (χ1n) is 6.66. The highest BCUT2D eigenvalue weighted by Crippen LogP contribution is 2.29. The van der Waals surface area contributed by atoms with Gasteiger partial charge in [-0.2, -0.15) is 0 Å². The Labute approximate surface area is 118 Å². The largest absolute Gasteiger partial charge is 0.389 e. The molecule has 1 aromatic rings. The quantitative estimate of drug-likeness (QED) is 0.736. The monoisotopic (exact) mass is 279 g/mol. The molecule has 1 unspecified atom stereocenters. The van der Waals surface area contributed by atoms with Gasteiger partial charge in [-0.1, -0.05) is 6.07 Å². The lowest BCUT2D eigenvalue weighted by atomic mass is 10.1. The lowest BCUT2D eigenvalue weighted by Crippen LogP contribution is -2.37. The summed E-state index contributed by atoms with van der Waals surface area (Å²) in [5.41, 5.74) is 2.38. The number of ether oxygens (including phenoxy) is 1. The summed E-state index contributed by atoms with van der Waals surface area (Å²) in [6, 6.07) is 5.59. The second-order valence-corrected chi connectivity index (χ2v) is 4.88. The van der Waals surface area contributed by atoms with Crippen LogP contribution in [0, 0.1) is 0 Å². The molecular formula is C14H21N3O3. The molecule has 1 amide bonds. The minimum Gasteiger partial charge on any atom is -0.389 e. The van der Waals surface area contributed by atoms with Crippen molar-refractivity contribution in [2.75, 3.05) is 51.0 Å². The molecule has 110 valence electrons. The number of anilines is 2. The van der Waals surface area contributed by atoms with Crippen molar-refractivity contribution in [1.29, 1.82) is 0 Å². The van der Waals surface area contributed by atoms with Gasteiger partial charge in [-0.15, -0.1) is 0 Å². The number of methoxy groups -OCH3 is 1. The Hall–Kier alpha value is -1.79. The van der Waals surface area contributed by atoms with Crippen molar-refractivity contribution in [2.45, 2.75) is 6.10 Å². The number of para-hydroxylation sites is 1. The highest BCUT2D eigenvalue weighted by atomic mass is 16.5. The van der Waals surface area contributed by atoms with Crippen LogP contribution in [0.5, 0.6) is 0 Å². The predicted molar refractivity (Wildman–Crippen MR) is 78.3 cm³/mol. The Morgan fingerprint density at radius 3 is 2.95 bits per heavy atom. The van der Waals surface area contributed by atoms with E-state index in [1.54, 1.807) is 13.1 Å². The lowest BCUT2D eigenvalue weighted by Gasteiger charge is -2.25. The maximum atomic E-state index is 12.5. The van der Waals surface area contributed by atoms with Crippen LogP contribution in [-0.2, 0) is 4.74 Å². The molecule has 6 heteroatoms. The first-order valence-corrected chi connectivity index (χ1v) is 6.66. The van der Waals surface area contributed by atoms with Gasteiger partial charge in [0.05, 0.1) is 29.6 Å². The first-order chi connectivity index (χ1) is 9.63. The standard InChI is InChI=1S/C14H21N3O3/c1-17(8-10(18)9-20-2)14(19)11-4-3-5-12-13(11)16-7-6-15-12/h3-5,10,15-16,18H,6-9H2,1-2H3. The second kappa shape index (κ2) is 6.58. The molecule has 3 N–H and O–H groups in total. The normalized spacial score (nSPS) is 14.8. The van der Waals surface area contributed by atoms with E-state index in [2.05, 4.69) is 10.6 Å². The van der Waals surface area contributed by atoms with Crippen molar-refractivity contribution < 1.29 is 14.6 Å². The number of aliphatic hydroxyl groups is 1. The average Bonchev–Trinajstić information content (AvgIpc) is 2.46. The number of fused-ring (bicyclic) bond motifs is 1. The maximum Gasteiger partial charge on any atom is 0.255 e. The number of carbonyl (C=O) groups excluding carboxylic acids is 1. The van der Waals surface area contributed by atoms with Crippen molar-refractivity contribution >= 4 is 17.3 Å². The zero-order valence-corrected chi connectivity index (χ0v) is 11.8. The number of rotatable bonds is 5. The smallest absolute Gasteiger partial charge is 0.255 e. The van der Waals surface area contributed by atoms with Crippen LogP contribution in [0.4, 0.5) is 11.4 Å². The van der Waals surface area contributed by atoms with Gasteiger partial charge in [0, 0.05) is 33.8 Å². The van der Waals surface area contributed by atoms with Crippen LogP contribution in [0.3, 0.4) is 0 Å². The van der Waals surface area contributed by atoms with Gasteiger partial charge in [-0.3, -0.25) is 4.79 Å². The molecule has 0 radical (unpaired) electrons. The van der Waals surface area contributed by atoms with E-state index in [4.69, 9.17) is 4.74 Å². The number of amides is 1. The molecule has 1 aliphatic rings. The number of aliphatic hydroxyl groups excluding tert-OH is 1. The van der Waals surface area contributed by atoms with E-state index in [1.165, 1.54) is 12.0 Å². The van der Waals surface area contributed by atoms with Crippen molar-refractivity contribution in [1.82, 2.24) is 4.90 Å². The lowest BCUT2D eigenvalue weighted by molar-refractivity contribution is 0.0380. The Morgan fingerprint density at radius 1 is 1.45 bits per heavy atom. The molecule has 0 spiro atoms. The number of hydrogen-bond donors (Lipinski definition) is 3. The molecule has 0 aliphatic carbocycles. The Balaban J connectivity index is 2.12. The van der Waals surface area contributed by atoms with Crippen molar-refractivity contribution in [3.63, 3.8) is 0 Å². The van der Waals surface area contributed by atoms with E-state index < -0.39 is 6.10 Å². The number of carbonyl (C=O) groups is 1. The highest BCUT2D eigenvalue weighted by molar-refractivity contribution is 6.02. The minimum atomic E-state index is -0.681. The number of nitrogens with zero attached hydrogens (tertiary/aromatic N) is 1. The van der Waals surface area contributed by atoms with Crippen molar-refractivity contribution in [2.24, 2.45) is 0 Å². The average molecular weight is 279 g/mol. The fourth-order valence-electron chi connectivity index (χ4n) is 2.30. The molecule has 1 aliphatic heterocycles. The van der Waals surface area contributed by atoms with Crippen LogP contribution in [-0.4, -0.2) is 62.4 Å². The molecule has 0 aromatic heterocycles. The van der Waals surface area contributed by atoms with Gasteiger partial charge in [0.15, 0.2) is 0 Å². The summed E-state index contributed by atoms with van der Waals surface area (Å²) in [5.74, 6) is -0.117. The molecule has 1 aromatic carbocycles. The molecule has 1 atom stereocenters. The molecular weight excluding hydrogens is 258 g/mol. The van der Waals surface area contributed by atoms with Crippen LogP contribution >= 0.6 is 0 Å². The van der Waals surface area contributed by atoms with Crippen molar-refractivity contribution in [3.05, 3.63) is 23.8 Å². The van der Waals surface area contributed by atoms with Crippen molar-refractivity contribution in [3.8, 4) is 0 Å². The Kier molecular flexibility index (Phi) is 4.81. The number of nitrogens with one attached hydrogen (secondary N) is 2. The third kappa shape index (κ3) is 3.20. The summed E-state index contributed by atoms with van der Waals surface area (Å²) in [6.45, 7) is 2.08. The predicted octanol–water partition coefficient (Wildman–Crippen LogP) is 0.603. The van der Waals surface area contributed by atoms with Gasteiger partial charge >= 0.3 is 0 Å². The Morgan fingerprint density at radius 2 is 2.20 bits per heavy atom. The van der Waals surface area contributed by atoms with E-state index in [-0.39, 0.29) is 19.1 Å². The fourth-order valence-corrected chi connectivity index (χ4v) is 2.30. The van der Waals surface area contributed by atoms with Crippen LogP contribution in [0.2, 0.25) is 0 Å². The molecule has 0 bridgehead atoms. The van der Waals surface area contributed by atoms with Crippen LogP contribution in [0.1, 0.15) is 10.4 Å². The summed E-state index contributed by atoms with van der Waals surface area (Å²) in [4.78, 5) is 14.0. The van der Waals surface area contributed by atoms with E-state index in [9.17, 15) is 9.90 Å². The number of benzene rings is 1. The van der Waals surface area contributed by atoms with E-state index >= 15 is 0 Å². The topological polar surface area (TPSA) is 73.8 Å². The van der Waals surface area contributed by atoms with Crippen LogP contribution in [0.25, 0.3) is 0 Å². The van der Waals surface area contributed by atoms with E-state index in [0.717, 1.165) is 24.5 Å². The Bertz CT molecular complexity index is 479. The van der Waals surface area contributed by atoms with E-state index in [0.29, 0.717) is 5.56 Å². The van der Waals surface area contributed by atoms with Crippen LogP contribution < -0.4 is 10.6 Å². The van der Waals surface area contributed by atoms with Crippen LogP contribution in [0.15, 0.2) is 18.2 Å². The van der Waals surface area contributed by atoms with Gasteiger partial charge < -0.3 is 25.4 Å². The maximum absolute atomic E-state index is 12.5. The van der Waals surface area contributed by atoms with Gasteiger partial charge in [-0.05, 0) is 12.1 Å². The van der Waals surface area contributed by atoms with Gasteiger partial charge in [0.25, 0.3) is 5.91 Å². The molecule has 6 nitrogen and oxygen atoms in total. The number of hydrogen-bond acceptors (Lipinski definition) is 5. The summed E-state index contributed by atoms with van der Waals surface area (Å²) in [7, 11) is 3.20. The van der Waals surface area contributed by atoms with Gasteiger partial charge in [0.1, 0.15) is 0 Å². The molecule has 20 heavy (non-hydrogen) atoms.